The largest absolute Gasteiger partial charge is 0.399 e. The quantitative estimate of drug-likeness (QED) is 0.609. The lowest BCUT2D eigenvalue weighted by Gasteiger charge is -2.08. The molecule has 102 valence electrons. The van der Waals surface area contributed by atoms with E-state index in [4.69, 9.17) is 10.9 Å². The molecule has 1 aromatic carbocycles. The van der Waals surface area contributed by atoms with Crippen LogP contribution in [0.2, 0.25) is 0 Å². The molecular weight excluding hydrogens is 266 g/mol. The summed E-state index contributed by atoms with van der Waals surface area (Å²) in [6.45, 7) is 2.41. The minimum atomic E-state index is -3.77. The van der Waals surface area contributed by atoms with E-state index in [-0.39, 0.29) is 4.90 Å². The molecule has 0 spiro atoms. The van der Waals surface area contributed by atoms with Crippen LogP contribution in [0, 0.1) is 6.92 Å². The number of aromatic nitrogens is 2. The molecule has 0 radical (unpaired) electrons. The number of hydrogen-bond donors (Lipinski definition) is 4. The average Bonchev–Trinajstić information content (AvgIpc) is 2.70. The number of nitrogen functional groups attached to an aromatic ring is 1. The van der Waals surface area contributed by atoms with Crippen molar-refractivity contribution in [3.05, 3.63) is 35.7 Å². The SMILES string of the molecule is Cc1[nH]ncc1CNc1cc(N)cc(S(N)(=O)=O)c1. The molecule has 0 saturated carbocycles. The van der Waals surface area contributed by atoms with E-state index in [9.17, 15) is 8.42 Å². The van der Waals surface area contributed by atoms with Crippen LogP contribution in [0.3, 0.4) is 0 Å². The number of nitrogens with zero attached hydrogens (tertiary/aromatic N) is 1. The Bertz CT molecular complexity index is 693. The van der Waals surface area contributed by atoms with Crippen LogP contribution in [-0.2, 0) is 16.6 Å². The number of aryl methyl sites for hydroxylation is 1. The minimum absolute atomic E-state index is 0.0149. The fraction of sp³-hybridized carbons (Fsp3) is 0.182. The normalized spacial score (nSPS) is 11.5. The summed E-state index contributed by atoms with van der Waals surface area (Å²) in [6.07, 6.45) is 1.70. The van der Waals surface area contributed by atoms with Crippen LogP contribution in [0.4, 0.5) is 11.4 Å². The zero-order valence-electron chi connectivity index (χ0n) is 10.3. The van der Waals surface area contributed by atoms with E-state index in [1.165, 1.54) is 12.1 Å². The maximum Gasteiger partial charge on any atom is 0.238 e. The van der Waals surface area contributed by atoms with E-state index in [0.717, 1.165) is 11.3 Å². The highest BCUT2D eigenvalue weighted by atomic mass is 32.2. The van der Waals surface area contributed by atoms with Gasteiger partial charge in [-0.05, 0) is 25.1 Å². The fourth-order valence-corrected chi connectivity index (χ4v) is 2.23. The van der Waals surface area contributed by atoms with Crippen LogP contribution in [0.1, 0.15) is 11.3 Å². The van der Waals surface area contributed by atoms with Crippen molar-refractivity contribution in [2.45, 2.75) is 18.4 Å². The molecule has 0 unspecified atom stereocenters. The molecule has 0 amide bonds. The molecule has 0 aliphatic rings. The first-order valence-corrected chi connectivity index (χ1v) is 7.07. The Morgan fingerprint density at radius 2 is 2.11 bits per heavy atom. The van der Waals surface area contributed by atoms with Gasteiger partial charge in [0.05, 0.1) is 11.1 Å². The van der Waals surface area contributed by atoms with Crippen LogP contribution in [0.5, 0.6) is 0 Å². The summed E-state index contributed by atoms with van der Waals surface area (Å²) in [5, 5.41) is 14.9. The predicted octanol–water partition coefficient (Wildman–Crippen LogP) is 0.560. The lowest BCUT2D eigenvalue weighted by Crippen LogP contribution is -2.13. The Labute approximate surface area is 111 Å². The number of sulfonamides is 1. The maximum absolute atomic E-state index is 11.3. The van der Waals surface area contributed by atoms with Crippen LogP contribution in [0.25, 0.3) is 0 Å². The van der Waals surface area contributed by atoms with Gasteiger partial charge in [-0.2, -0.15) is 5.10 Å². The molecule has 6 N–H and O–H groups in total. The van der Waals surface area contributed by atoms with Gasteiger partial charge in [-0.15, -0.1) is 0 Å². The number of nitrogens with two attached hydrogens (primary N) is 2. The van der Waals surface area contributed by atoms with Crippen molar-refractivity contribution in [1.82, 2.24) is 10.2 Å². The number of aromatic amines is 1. The number of rotatable bonds is 4. The Morgan fingerprint density at radius 1 is 1.37 bits per heavy atom. The van der Waals surface area contributed by atoms with Crippen molar-refractivity contribution in [3.8, 4) is 0 Å². The molecule has 1 aromatic heterocycles. The highest BCUT2D eigenvalue weighted by molar-refractivity contribution is 7.89. The second-order valence-electron chi connectivity index (χ2n) is 4.21. The van der Waals surface area contributed by atoms with E-state index < -0.39 is 10.0 Å². The lowest BCUT2D eigenvalue weighted by atomic mass is 10.2. The Hall–Kier alpha value is -2.06. The van der Waals surface area contributed by atoms with Gasteiger partial charge in [-0.25, -0.2) is 13.6 Å². The molecule has 8 heteroatoms. The van der Waals surface area contributed by atoms with E-state index >= 15 is 0 Å². The number of H-pyrrole nitrogens is 1. The fourth-order valence-electron chi connectivity index (χ4n) is 1.64. The van der Waals surface area contributed by atoms with Gasteiger partial charge < -0.3 is 11.1 Å². The van der Waals surface area contributed by atoms with Gasteiger partial charge in [-0.1, -0.05) is 0 Å². The summed E-state index contributed by atoms with van der Waals surface area (Å²) in [5.41, 5.74) is 8.51. The molecule has 0 aliphatic heterocycles. The standard InChI is InChI=1S/C11H15N5O2S/c1-7-8(6-15-16-7)5-14-10-2-9(12)3-11(4-10)19(13,17)18/h2-4,6,14H,5,12H2,1H3,(H,15,16)(H2,13,17,18). The summed E-state index contributed by atoms with van der Waals surface area (Å²) < 4.78 is 22.6. The Morgan fingerprint density at radius 3 is 2.68 bits per heavy atom. The summed E-state index contributed by atoms with van der Waals surface area (Å²) in [4.78, 5) is -0.0149. The highest BCUT2D eigenvalue weighted by Crippen LogP contribution is 2.20. The van der Waals surface area contributed by atoms with Gasteiger partial charge in [0.1, 0.15) is 0 Å². The van der Waals surface area contributed by atoms with Crippen molar-refractivity contribution < 1.29 is 8.42 Å². The first kappa shape index (κ1) is 13.4. The average molecular weight is 281 g/mol. The molecule has 1 heterocycles. The summed E-state index contributed by atoms with van der Waals surface area (Å²) in [5.74, 6) is 0. The van der Waals surface area contributed by atoms with Crippen LogP contribution in [-0.4, -0.2) is 18.6 Å². The second-order valence-corrected chi connectivity index (χ2v) is 5.77. The molecule has 0 atom stereocenters. The smallest absolute Gasteiger partial charge is 0.238 e. The molecule has 19 heavy (non-hydrogen) atoms. The molecule has 0 bridgehead atoms. The third-order valence-electron chi connectivity index (χ3n) is 2.67. The van der Waals surface area contributed by atoms with Gasteiger partial charge in [0.2, 0.25) is 10.0 Å². The zero-order chi connectivity index (χ0) is 14.0. The van der Waals surface area contributed by atoms with E-state index in [0.29, 0.717) is 17.9 Å². The molecule has 0 saturated heterocycles. The van der Waals surface area contributed by atoms with Crippen molar-refractivity contribution >= 4 is 21.4 Å². The van der Waals surface area contributed by atoms with Crippen LogP contribution >= 0.6 is 0 Å². The summed E-state index contributed by atoms with van der Waals surface area (Å²) >= 11 is 0. The first-order valence-electron chi connectivity index (χ1n) is 5.52. The van der Waals surface area contributed by atoms with Gasteiger partial charge in [0.15, 0.2) is 0 Å². The molecular formula is C11H15N5O2S. The molecule has 2 aromatic rings. The summed E-state index contributed by atoms with van der Waals surface area (Å²) in [7, 11) is -3.77. The zero-order valence-corrected chi connectivity index (χ0v) is 11.2. The molecule has 0 fully saturated rings. The lowest BCUT2D eigenvalue weighted by molar-refractivity contribution is 0.598. The topological polar surface area (TPSA) is 127 Å². The monoisotopic (exact) mass is 281 g/mol. The molecule has 2 rings (SSSR count). The number of benzene rings is 1. The van der Waals surface area contributed by atoms with Gasteiger partial charge in [-0.3, -0.25) is 5.10 Å². The van der Waals surface area contributed by atoms with E-state index in [1.54, 1.807) is 12.3 Å². The van der Waals surface area contributed by atoms with Crippen molar-refractivity contribution in [2.75, 3.05) is 11.1 Å². The Kier molecular flexibility index (Phi) is 3.45. The van der Waals surface area contributed by atoms with Crippen molar-refractivity contribution in [1.29, 1.82) is 0 Å². The van der Waals surface area contributed by atoms with Crippen LogP contribution in [0.15, 0.2) is 29.3 Å². The first-order chi connectivity index (χ1) is 8.86. The van der Waals surface area contributed by atoms with Crippen molar-refractivity contribution in [2.24, 2.45) is 5.14 Å². The van der Waals surface area contributed by atoms with E-state index in [1.807, 2.05) is 6.92 Å². The number of hydrogen-bond acceptors (Lipinski definition) is 5. The Balaban J connectivity index is 2.22. The third kappa shape index (κ3) is 3.24. The van der Waals surface area contributed by atoms with Gasteiger partial charge in [0, 0.05) is 29.2 Å². The number of anilines is 2. The molecule has 7 nitrogen and oxygen atoms in total. The van der Waals surface area contributed by atoms with Crippen molar-refractivity contribution in [3.63, 3.8) is 0 Å². The van der Waals surface area contributed by atoms with E-state index in [2.05, 4.69) is 15.5 Å². The third-order valence-corrected chi connectivity index (χ3v) is 3.57. The maximum atomic E-state index is 11.3. The highest BCUT2D eigenvalue weighted by Gasteiger charge is 2.10. The van der Waals surface area contributed by atoms with Gasteiger partial charge in [0.25, 0.3) is 0 Å². The molecule has 0 aliphatic carbocycles. The minimum Gasteiger partial charge on any atom is -0.399 e. The van der Waals surface area contributed by atoms with Gasteiger partial charge >= 0.3 is 0 Å². The van der Waals surface area contributed by atoms with Crippen LogP contribution < -0.4 is 16.2 Å². The predicted molar refractivity (Wildman–Crippen MR) is 72.9 cm³/mol. The number of nitrogens with one attached hydrogen (secondary N) is 2. The summed E-state index contributed by atoms with van der Waals surface area (Å²) in [6, 6.07) is 4.41. The number of primary sulfonamides is 1. The second kappa shape index (κ2) is 4.90.